The standard InChI is InChI=1S/C30H41N3OS/c1-3-5-6-7-8-15-21-27(34)31-22-16-24-35-30-32-28(25-17-11-9-12-18-25)29(33(30)23-4-2)26-19-13-10-14-20-26/h9-14,17-20H,3-8,15-16,21-24H2,1-2H3,(H,31,34). The molecule has 3 aromatic rings. The smallest absolute Gasteiger partial charge is 0.219 e. The summed E-state index contributed by atoms with van der Waals surface area (Å²) in [4.78, 5) is 17.2. The van der Waals surface area contributed by atoms with E-state index in [1.807, 2.05) is 6.07 Å². The molecule has 0 bridgehead atoms. The molecule has 1 heterocycles. The number of thioether (sulfide) groups is 1. The van der Waals surface area contributed by atoms with E-state index in [4.69, 9.17) is 4.98 Å². The highest BCUT2D eigenvalue weighted by Gasteiger charge is 2.19. The first-order valence-electron chi connectivity index (χ1n) is 13.4. The van der Waals surface area contributed by atoms with Crippen molar-refractivity contribution in [1.82, 2.24) is 14.9 Å². The molecular formula is C30H41N3OS. The molecule has 35 heavy (non-hydrogen) atoms. The zero-order valence-corrected chi connectivity index (χ0v) is 22.3. The van der Waals surface area contributed by atoms with Crippen molar-refractivity contribution in [3.63, 3.8) is 0 Å². The summed E-state index contributed by atoms with van der Waals surface area (Å²) in [5.74, 6) is 1.12. The molecular weight excluding hydrogens is 450 g/mol. The maximum atomic E-state index is 12.1. The molecule has 0 saturated carbocycles. The van der Waals surface area contributed by atoms with Crippen LogP contribution in [0.3, 0.4) is 0 Å². The molecule has 1 N–H and O–H groups in total. The Labute approximate surface area is 215 Å². The first-order valence-corrected chi connectivity index (χ1v) is 14.3. The maximum absolute atomic E-state index is 12.1. The topological polar surface area (TPSA) is 46.9 Å². The Bertz CT molecular complexity index is 1000. The number of imidazole rings is 1. The van der Waals surface area contributed by atoms with Crippen LogP contribution in [0.1, 0.15) is 71.6 Å². The van der Waals surface area contributed by atoms with E-state index >= 15 is 0 Å². The summed E-state index contributed by atoms with van der Waals surface area (Å²) in [7, 11) is 0. The summed E-state index contributed by atoms with van der Waals surface area (Å²) in [5, 5.41) is 4.16. The van der Waals surface area contributed by atoms with Crippen molar-refractivity contribution in [1.29, 1.82) is 0 Å². The lowest BCUT2D eigenvalue weighted by atomic mass is 10.0. The fraction of sp³-hybridized carbons (Fsp3) is 0.467. The lowest BCUT2D eigenvalue weighted by Crippen LogP contribution is -2.24. The number of nitrogens with one attached hydrogen (secondary N) is 1. The molecule has 188 valence electrons. The van der Waals surface area contributed by atoms with Crippen molar-refractivity contribution in [3.05, 3.63) is 60.7 Å². The van der Waals surface area contributed by atoms with Crippen molar-refractivity contribution in [2.75, 3.05) is 12.3 Å². The fourth-order valence-electron chi connectivity index (χ4n) is 4.28. The molecule has 0 aliphatic heterocycles. The Hall–Kier alpha value is -2.53. The van der Waals surface area contributed by atoms with Gasteiger partial charge in [0.25, 0.3) is 0 Å². The number of nitrogens with zero attached hydrogens (tertiary/aromatic N) is 2. The summed E-state index contributed by atoms with van der Waals surface area (Å²) in [5.41, 5.74) is 4.57. The first-order chi connectivity index (χ1) is 17.2. The lowest BCUT2D eigenvalue weighted by Gasteiger charge is -2.12. The van der Waals surface area contributed by atoms with E-state index in [0.717, 1.165) is 60.9 Å². The second-order valence-electron chi connectivity index (χ2n) is 9.05. The van der Waals surface area contributed by atoms with Crippen LogP contribution in [0.5, 0.6) is 0 Å². The number of carbonyl (C=O) groups excluding carboxylic acids is 1. The first kappa shape index (κ1) is 27.1. The third-order valence-corrected chi connectivity index (χ3v) is 7.17. The molecule has 0 atom stereocenters. The molecule has 0 spiro atoms. The van der Waals surface area contributed by atoms with Gasteiger partial charge in [-0.3, -0.25) is 4.79 Å². The van der Waals surface area contributed by atoms with E-state index in [-0.39, 0.29) is 5.91 Å². The van der Waals surface area contributed by atoms with Crippen LogP contribution >= 0.6 is 11.8 Å². The second-order valence-corrected chi connectivity index (χ2v) is 10.1. The highest BCUT2D eigenvalue weighted by molar-refractivity contribution is 7.99. The van der Waals surface area contributed by atoms with E-state index in [2.05, 4.69) is 78.3 Å². The number of carbonyl (C=O) groups is 1. The van der Waals surface area contributed by atoms with Gasteiger partial charge in [-0.25, -0.2) is 4.98 Å². The molecule has 3 rings (SSSR count). The van der Waals surface area contributed by atoms with Gasteiger partial charge in [0.05, 0.1) is 11.4 Å². The highest BCUT2D eigenvalue weighted by Crippen LogP contribution is 2.36. The fourth-order valence-corrected chi connectivity index (χ4v) is 5.24. The van der Waals surface area contributed by atoms with Gasteiger partial charge in [0.15, 0.2) is 5.16 Å². The number of hydrogen-bond acceptors (Lipinski definition) is 3. The predicted octanol–water partition coefficient (Wildman–Crippen LogP) is 7.98. The zero-order valence-electron chi connectivity index (χ0n) is 21.5. The van der Waals surface area contributed by atoms with Gasteiger partial charge in [0, 0.05) is 36.4 Å². The molecule has 0 fully saturated rings. The van der Waals surface area contributed by atoms with Gasteiger partial charge in [0.2, 0.25) is 5.91 Å². The minimum Gasteiger partial charge on any atom is -0.356 e. The summed E-state index contributed by atoms with van der Waals surface area (Å²) in [6.45, 7) is 6.10. The van der Waals surface area contributed by atoms with Crippen LogP contribution in [0.4, 0.5) is 0 Å². The zero-order chi connectivity index (χ0) is 24.7. The third-order valence-electron chi connectivity index (χ3n) is 6.11. The molecule has 0 unspecified atom stereocenters. The number of unbranched alkanes of at least 4 members (excludes halogenated alkanes) is 5. The summed E-state index contributed by atoms with van der Waals surface area (Å²) >= 11 is 1.79. The number of rotatable bonds is 16. The maximum Gasteiger partial charge on any atom is 0.219 e. The van der Waals surface area contributed by atoms with E-state index in [1.54, 1.807) is 11.8 Å². The normalized spacial score (nSPS) is 11.0. The van der Waals surface area contributed by atoms with Crippen LogP contribution in [-0.2, 0) is 11.3 Å². The van der Waals surface area contributed by atoms with Gasteiger partial charge < -0.3 is 9.88 Å². The molecule has 0 aliphatic carbocycles. The molecule has 1 aromatic heterocycles. The highest BCUT2D eigenvalue weighted by atomic mass is 32.2. The van der Waals surface area contributed by atoms with Crippen molar-refractivity contribution in [3.8, 4) is 22.5 Å². The summed E-state index contributed by atoms with van der Waals surface area (Å²) in [6, 6.07) is 21.0. The van der Waals surface area contributed by atoms with Crippen LogP contribution < -0.4 is 5.32 Å². The van der Waals surface area contributed by atoms with Crippen LogP contribution in [0.15, 0.2) is 65.8 Å². The van der Waals surface area contributed by atoms with Gasteiger partial charge in [-0.15, -0.1) is 0 Å². The Morgan fingerprint density at radius 3 is 2.17 bits per heavy atom. The van der Waals surface area contributed by atoms with Crippen LogP contribution in [0.25, 0.3) is 22.5 Å². The molecule has 1 amide bonds. The Morgan fingerprint density at radius 1 is 0.829 bits per heavy atom. The number of aromatic nitrogens is 2. The van der Waals surface area contributed by atoms with Crippen molar-refractivity contribution in [2.24, 2.45) is 0 Å². The molecule has 0 aliphatic rings. The van der Waals surface area contributed by atoms with Crippen molar-refractivity contribution in [2.45, 2.75) is 83.3 Å². The lowest BCUT2D eigenvalue weighted by molar-refractivity contribution is -0.121. The minimum absolute atomic E-state index is 0.190. The van der Waals surface area contributed by atoms with E-state index < -0.39 is 0 Å². The average molecular weight is 492 g/mol. The van der Waals surface area contributed by atoms with E-state index in [1.165, 1.54) is 36.9 Å². The average Bonchev–Trinajstić information content (AvgIpc) is 3.25. The summed E-state index contributed by atoms with van der Waals surface area (Å²) < 4.78 is 2.37. The molecule has 0 radical (unpaired) electrons. The van der Waals surface area contributed by atoms with Crippen LogP contribution in [-0.4, -0.2) is 27.8 Å². The Kier molecular flexibility index (Phi) is 12.0. The van der Waals surface area contributed by atoms with Crippen molar-refractivity contribution < 1.29 is 4.79 Å². The molecule has 0 saturated heterocycles. The number of benzene rings is 2. The van der Waals surface area contributed by atoms with Gasteiger partial charge in [0.1, 0.15) is 0 Å². The van der Waals surface area contributed by atoms with Crippen LogP contribution in [0.2, 0.25) is 0 Å². The second kappa shape index (κ2) is 15.5. The van der Waals surface area contributed by atoms with E-state index in [0.29, 0.717) is 6.42 Å². The molecule has 2 aromatic carbocycles. The quantitative estimate of drug-likeness (QED) is 0.163. The number of hydrogen-bond donors (Lipinski definition) is 1. The SMILES string of the molecule is CCCCCCCCC(=O)NCCCSc1nc(-c2ccccc2)c(-c2ccccc2)n1CCC. The predicted molar refractivity (Wildman–Crippen MR) is 150 cm³/mol. The summed E-state index contributed by atoms with van der Waals surface area (Å²) in [6.07, 6.45) is 9.92. The number of amides is 1. The van der Waals surface area contributed by atoms with Crippen LogP contribution in [0, 0.1) is 0 Å². The third kappa shape index (κ3) is 8.57. The monoisotopic (exact) mass is 491 g/mol. The van der Waals surface area contributed by atoms with Gasteiger partial charge >= 0.3 is 0 Å². The van der Waals surface area contributed by atoms with Gasteiger partial charge in [-0.1, -0.05) is 118 Å². The van der Waals surface area contributed by atoms with Crippen molar-refractivity contribution >= 4 is 17.7 Å². The molecule has 4 nitrogen and oxygen atoms in total. The van der Waals surface area contributed by atoms with E-state index in [9.17, 15) is 4.79 Å². The van der Waals surface area contributed by atoms with Gasteiger partial charge in [-0.05, 0) is 19.3 Å². The van der Waals surface area contributed by atoms with Gasteiger partial charge in [-0.2, -0.15) is 0 Å². The largest absolute Gasteiger partial charge is 0.356 e. The minimum atomic E-state index is 0.190. The molecule has 5 heteroatoms. The Morgan fingerprint density at radius 2 is 1.49 bits per heavy atom. The Balaban J connectivity index is 1.58.